The van der Waals surface area contributed by atoms with E-state index in [0.29, 0.717) is 17.5 Å². The van der Waals surface area contributed by atoms with Crippen molar-refractivity contribution >= 4 is 33.7 Å². The number of anilines is 1. The van der Waals surface area contributed by atoms with Gasteiger partial charge in [-0.2, -0.15) is 0 Å². The van der Waals surface area contributed by atoms with Crippen molar-refractivity contribution in [3.63, 3.8) is 0 Å². The minimum Gasteiger partial charge on any atom is -0.497 e. The number of carbonyl (C=O) groups is 1. The number of hydrogen-bond acceptors (Lipinski definition) is 6. The zero-order valence-corrected chi connectivity index (χ0v) is 20.1. The molecule has 2 aliphatic rings. The molecule has 2 atom stereocenters. The van der Waals surface area contributed by atoms with Crippen LogP contribution in [0.4, 0.5) is 5.69 Å². The quantitative estimate of drug-likeness (QED) is 0.590. The Bertz CT molecular complexity index is 1160. The van der Waals surface area contributed by atoms with E-state index in [4.69, 9.17) is 15.2 Å². The number of methoxy groups -OCH3 is 1. The van der Waals surface area contributed by atoms with Gasteiger partial charge < -0.3 is 20.1 Å². The zero-order chi connectivity index (χ0) is 22.9. The fourth-order valence-corrected chi connectivity index (χ4v) is 6.25. The monoisotopic (exact) mass is 465 g/mol. The Hall–Kier alpha value is -2.61. The average Bonchev–Trinajstić information content (AvgIpc) is 3.28. The molecule has 33 heavy (non-hydrogen) atoms. The van der Waals surface area contributed by atoms with Crippen molar-refractivity contribution in [2.75, 3.05) is 44.8 Å². The highest BCUT2D eigenvalue weighted by Crippen LogP contribution is 2.37. The molecule has 0 saturated carbocycles. The molecule has 1 amide bonds. The molecule has 7 heteroatoms. The Morgan fingerprint density at radius 1 is 1.24 bits per heavy atom. The lowest BCUT2D eigenvalue weighted by Gasteiger charge is -2.42. The van der Waals surface area contributed by atoms with Crippen molar-refractivity contribution in [1.82, 2.24) is 4.90 Å². The first-order chi connectivity index (χ1) is 16.0. The first-order valence-corrected chi connectivity index (χ1v) is 12.4. The van der Waals surface area contributed by atoms with Gasteiger partial charge in [0.25, 0.3) is 5.91 Å². The average molecular weight is 466 g/mol. The van der Waals surface area contributed by atoms with Crippen LogP contribution in [-0.2, 0) is 11.2 Å². The molecule has 3 heterocycles. The molecule has 5 rings (SSSR count). The summed E-state index contributed by atoms with van der Waals surface area (Å²) < 4.78 is 11.6. The van der Waals surface area contributed by atoms with Gasteiger partial charge in [0, 0.05) is 48.2 Å². The van der Waals surface area contributed by atoms with Crippen LogP contribution in [0.1, 0.15) is 39.6 Å². The number of carbonyl (C=O) groups excluding carboxylic acids is 1. The van der Waals surface area contributed by atoms with E-state index < -0.39 is 0 Å². The van der Waals surface area contributed by atoms with Crippen LogP contribution in [0.3, 0.4) is 0 Å². The zero-order valence-electron chi connectivity index (χ0n) is 19.3. The molecule has 2 aliphatic heterocycles. The molecule has 1 unspecified atom stereocenters. The summed E-state index contributed by atoms with van der Waals surface area (Å²) >= 11 is 1.50. The number of piperazine rings is 1. The maximum atomic E-state index is 11.6. The predicted molar refractivity (Wildman–Crippen MR) is 134 cm³/mol. The molecule has 2 aromatic carbocycles. The van der Waals surface area contributed by atoms with E-state index in [-0.39, 0.29) is 12.0 Å². The van der Waals surface area contributed by atoms with Crippen LogP contribution in [0.2, 0.25) is 0 Å². The summed E-state index contributed by atoms with van der Waals surface area (Å²) in [5, 5.41) is 2.48. The van der Waals surface area contributed by atoms with Crippen molar-refractivity contribution in [2.24, 2.45) is 5.73 Å². The normalized spacial score (nSPS) is 21.2. The van der Waals surface area contributed by atoms with Gasteiger partial charge in [-0.3, -0.25) is 9.69 Å². The molecule has 0 radical (unpaired) electrons. The molecule has 174 valence electrons. The highest BCUT2D eigenvalue weighted by molar-refractivity contribution is 7.14. The maximum Gasteiger partial charge on any atom is 0.258 e. The van der Waals surface area contributed by atoms with E-state index in [1.807, 2.05) is 12.1 Å². The number of nitrogens with two attached hydrogens (primary N) is 1. The molecular formula is C26H31N3O3S. The first kappa shape index (κ1) is 22.2. The third-order valence-electron chi connectivity index (χ3n) is 6.92. The molecule has 0 spiro atoms. The number of fused-ring (bicyclic) bond motifs is 2. The molecule has 1 aromatic heterocycles. The van der Waals surface area contributed by atoms with Gasteiger partial charge >= 0.3 is 0 Å². The molecule has 1 fully saturated rings. The van der Waals surface area contributed by atoms with Gasteiger partial charge in [-0.25, -0.2) is 0 Å². The van der Waals surface area contributed by atoms with Gasteiger partial charge in [-0.05, 0) is 55.0 Å². The first-order valence-electron chi connectivity index (χ1n) is 11.6. The predicted octanol–water partition coefficient (Wildman–Crippen LogP) is 4.22. The van der Waals surface area contributed by atoms with E-state index in [0.717, 1.165) is 44.8 Å². The second-order valence-electron chi connectivity index (χ2n) is 8.96. The molecule has 1 saturated heterocycles. The minimum atomic E-state index is -0.344. The van der Waals surface area contributed by atoms with Crippen molar-refractivity contribution in [3.05, 3.63) is 57.8 Å². The molecule has 6 nitrogen and oxygen atoms in total. The fourth-order valence-electron chi connectivity index (χ4n) is 5.10. The third kappa shape index (κ3) is 4.45. The number of ether oxygens (including phenoxy) is 2. The Kier molecular flexibility index (Phi) is 6.27. The molecule has 0 aliphatic carbocycles. The number of hydrogen-bond donors (Lipinski definition) is 1. The molecule has 3 aromatic rings. The van der Waals surface area contributed by atoms with Gasteiger partial charge in [0.15, 0.2) is 0 Å². The van der Waals surface area contributed by atoms with Crippen LogP contribution < -0.4 is 15.4 Å². The van der Waals surface area contributed by atoms with E-state index in [1.54, 1.807) is 7.11 Å². The van der Waals surface area contributed by atoms with Crippen LogP contribution in [0.5, 0.6) is 5.75 Å². The lowest BCUT2D eigenvalue weighted by Crippen LogP contribution is -2.52. The van der Waals surface area contributed by atoms with Crippen LogP contribution in [0.25, 0.3) is 10.8 Å². The highest BCUT2D eigenvalue weighted by atomic mass is 32.1. The van der Waals surface area contributed by atoms with Gasteiger partial charge in [-0.1, -0.05) is 18.2 Å². The Morgan fingerprint density at radius 2 is 2.12 bits per heavy atom. The lowest BCUT2D eigenvalue weighted by atomic mass is 10.0. The van der Waals surface area contributed by atoms with Crippen molar-refractivity contribution in [2.45, 2.75) is 31.9 Å². The van der Waals surface area contributed by atoms with Gasteiger partial charge in [0.2, 0.25) is 0 Å². The summed E-state index contributed by atoms with van der Waals surface area (Å²) in [5.41, 5.74) is 8.01. The Balaban J connectivity index is 1.25. The number of benzene rings is 2. The second-order valence-corrected chi connectivity index (χ2v) is 10.0. The SMILES string of the molecule is COc1ccc2cccc(N3CCN(CCC4OCCc5cc(C(N)=O)sc54)[C@@H](C)C3)c2c1. The molecule has 0 bridgehead atoms. The van der Waals surface area contributed by atoms with Crippen molar-refractivity contribution < 1.29 is 14.3 Å². The van der Waals surface area contributed by atoms with Crippen LogP contribution >= 0.6 is 11.3 Å². The largest absolute Gasteiger partial charge is 0.497 e. The molecular weight excluding hydrogens is 434 g/mol. The number of amides is 1. The highest BCUT2D eigenvalue weighted by Gasteiger charge is 2.29. The Labute approximate surface area is 198 Å². The summed E-state index contributed by atoms with van der Waals surface area (Å²) in [7, 11) is 1.72. The minimum absolute atomic E-state index is 0.0580. The maximum absolute atomic E-state index is 11.6. The summed E-state index contributed by atoms with van der Waals surface area (Å²) in [6.45, 7) is 6.98. The van der Waals surface area contributed by atoms with Crippen LogP contribution in [0, 0.1) is 0 Å². The summed E-state index contributed by atoms with van der Waals surface area (Å²) in [6, 6.07) is 15.2. The van der Waals surface area contributed by atoms with Crippen molar-refractivity contribution in [1.29, 1.82) is 0 Å². The van der Waals surface area contributed by atoms with Crippen molar-refractivity contribution in [3.8, 4) is 5.75 Å². The Morgan fingerprint density at radius 3 is 2.91 bits per heavy atom. The van der Waals surface area contributed by atoms with E-state index in [9.17, 15) is 4.79 Å². The van der Waals surface area contributed by atoms with E-state index >= 15 is 0 Å². The topological polar surface area (TPSA) is 68.0 Å². The number of nitrogens with zero attached hydrogens (tertiary/aromatic N) is 2. The second kappa shape index (κ2) is 9.33. The lowest BCUT2D eigenvalue weighted by molar-refractivity contribution is 0.0283. The van der Waals surface area contributed by atoms with Gasteiger partial charge in [0.1, 0.15) is 5.75 Å². The summed E-state index contributed by atoms with van der Waals surface area (Å²) in [5.74, 6) is 0.547. The van der Waals surface area contributed by atoms with E-state index in [2.05, 4.69) is 47.1 Å². The number of primary amides is 1. The van der Waals surface area contributed by atoms with Crippen LogP contribution in [-0.4, -0.2) is 56.7 Å². The summed E-state index contributed by atoms with van der Waals surface area (Å²) in [6.07, 6.45) is 1.85. The fraction of sp³-hybridized carbons (Fsp3) is 0.423. The number of rotatable bonds is 6. The third-order valence-corrected chi connectivity index (χ3v) is 8.20. The van der Waals surface area contributed by atoms with Gasteiger partial charge in [0.05, 0.1) is 24.7 Å². The van der Waals surface area contributed by atoms with Crippen LogP contribution in [0.15, 0.2) is 42.5 Å². The number of thiophene rings is 1. The van der Waals surface area contributed by atoms with E-state index in [1.165, 1.54) is 38.2 Å². The molecule has 2 N–H and O–H groups in total. The standard InChI is InChI=1S/C26H31N3O3S/c1-17-16-29(22-5-3-4-18-6-7-20(31-2)15-21(18)22)12-11-28(17)10-8-23-25-19(9-13-32-23)14-24(33-25)26(27)30/h3-7,14-15,17,23H,8-13,16H2,1-2H3,(H2,27,30)/t17-,23?/m0/s1. The summed E-state index contributed by atoms with van der Waals surface area (Å²) in [4.78, 5) is 18.5. The smallest absolute Gasteiger partial charge is 0.258 e. The van der Waals surface area contributed by atoms with Gasteiger partial charge in [-0.15, -0.1) is 11.3 Å².